The van der Waals surface area contributed by atoms with E-state index >= 15 is 0 Å². The first-order valence-electron chi connectivity index (χ1n) is 8.51. The van der Waals surface area contributed by atoms with E-state index in [0.29, 0.717) is 21.9 Å². The van der Waals surface area contributed by atoms with E-state index in [1.165, 1.54) is 4.57 Å². The smallest absolute Gasteiger partial charge is 0.419 e. The van der Waals surface area contributed by atoms with Gasteiger partial charge in [0.15, 0.2) is 5.58 Å². The van der Waals surface area contributed by atoms with Crippen LogP contribution in [0.25, 0.3) is 11.1 Å². The van der Waals surface area contributed by atoms with Crippen molar-refractivity contribution in [3.8, 4) is 5.75 Å². The van der Waals surface area contributed by atoms with Gasteiger partial charge in [0.1, 0.15) is 12.4 Å². The fourth-order valence-corrected chi connectivity index (χ4v) is 2.58. The maximum atomic E-state index is 12.1. The Balaban J connectivity index is 1.67. The zero-order valence-electron chi connectivity index (χ0n) is 14.5. The largest absolute Gasteiger partial charge is 0.489 e. The molecule has 1 fully saturated rings. The molecular formula is C17H21ClN2O7. The highest BCUT2D eigenvalue weighted by atomic mass is 35.5. The summed E-state index contributed by atoms with van der Waals surface area (Å²) >= 11 is 6.22. The number of fused-ring (bicyclic) bond motifs is 1. The number of carbonyl (C=O) groups is 1. The molecule has 0 aliphatic heterocycles. The SMILES string of the molecule is NC(CO)(CO)COC(=O)CCn1c(=O)oc2cc(OC3CC3)c(Cl)cc21. The van der Waals surface area contributed by atoms with Crippen LogP contribution >= 0.6 is 11.6 Å². The van der Waals surface area contributed by atoms with Gasteiger partial charge >= 0.3 is 11.7 Å². The lowest BCUT2D eigenvalue weighted by Gasteiger charge is -2.23. The van der Waals surface area contributed by atoms with Crippen molar-refractivity contribution in [2.24, 2.45) is 5.73 Å². The zero-order chi connectivity index (χ0) is 19.6. The molecule has 9 nitrogen and oxygen atoms in total. The van der Waals surface area contributed by atoms with E-state index in [1.54, 1.807) is 12.1 Å². The molecule has 0 saturated heterocycles. The second-order valence-electron chi connectivity index (χ2n) is 6.68. The maximum Gasteiger partial charge on any atom is 0.419 e. The van der Waals surface area contributed by atoms with Crippen LogP contribution in [0.5, 0.6) is 5.75 Å². The quantitative estimate of drug-likeness (QED) is 0.514. The van der Waals surface area contributed by atoms with E-state index in [9.17, 15) is 9.59 Å². The Morgan fingerprint density at radius 1 is 1.37 bits per heavy atom. The lowest BCUT2D eigenvalue weighted by atomic mass is 10.1. The van der Waals surface area contributed by atoms with Crippen molar-refractivity contribution in [1.29, 1.82) is 0 Å². The Morgan fingerprint density at radius 3 is 2.70 bits per heavy atom. The molecule has 27 heavy (non-hydrogen) atoms. The normalized spacial score (nSPS) is 14.5. The van der Waals surface area contributed by atoms with Gasteiger partial charge in [0.2, 0.25) is 0 Å². The summed E-state index contributed by atoms with van der Waals surface area (Å²) in [6.07, 6.45) is 1.96. The number of aromatic nitrogens is 1. The van der Waals surface area contributed by atoms with Crippen molar-refractivity contribution in [3.05, 3.63) is 27.7 Å². The Labute approximate surface area is 159 Å². The van der Waals surface area contributed by atoms with Gasteiger partial charge < -0.3 is 29.8 Å². The van der Waals surface area contributed by atoms with Gasteiger partial charge in [-0.25, -0.2) is 4.79 Å². The number of esters is 1. The van der Waals surface area contributed by atoms with Crippen LogP contribution in [0, 0.1) is 0 Å². The molecule has 148 valence electrons. The molecule has 0 bridgehead atoms. The van der Waals surface area contributed by atoms with Crippen molar-refractivity contribution in [2.45, 2.75) is 37.5 Å². The van der Waals surface area contributed by atoms with Crippen molar-refractivity contribution in [3.63, 3.8) is 0 Å². The van der Waals surface area contributed by atoms with Gasteiger partial charge in [-0.1, -0.05) is 11.6 Å². The Bertz CT molecular complexity index is 883. The molecule has 2 aromatic rings. The van der Waals surface area contributed by atoms with Gasteiger partial charge in [-0.05, 0) is 18.9 Å². The molecule has 1 aromatic carbocycles. The number of oxazole rings is 1. The summed E-state index contributed by atoms with van der Waals surface area (Å²) in [4.78, 5) is 24.0. The van der Waals surface area contributed by atoms with Crippen molar-refractivity contribution in [1.82, 2.24) is 4.57 Å². The van der Waals surface area contributed by atoms with Crippen LogP contribution < -0.4 is 16.2 Å². The number of halogens is 1. The molecule has 0 atom stereocenters. The van der Waals surface area contributed by atoms with Crippen molar-refractivity contribution < 1.29 is 28.9 Å². The molecule has 0 amide bonds. The Morgan fingerprint density at radius 2 is 2.07 bits per heavy atom. The van der Waals surface area contributed by atoms with Crippen molar-refractivity contribution in [2.75, 3.05) is 19.8 Å². The first kappa shape index (κ1) is 19.7. The fourth-order valence-electron chi connectivity index (χ4n) is 2.37. The number of rotatable bonds is 9. The van der Waals surface area contributed by atoms with Gasteiger partial charge in [-0.2, -0.15) is 0 Å². The van der Waals surface area contributed by atoms with E-state index in [4.69, 9.17) is 41.4 Å². The number of benzene rings is 1. The molecule has 0 radical (unpaired) electrons. The molecule has 1 aromatic heterocycles. The summed E-state index contributed by atoms with van der Waals surface area (Å²) in [6, 6.07) is 3.13. The summed E-state index contributed by atoms with van der Waals surface area (Å²) < 4.78 is 17.1. The third-order valence-corrected chi connectivity index (χ3v) is 4.53. The molecule has 0 spiro atoms. The molecule has 3 rings (SSSR count). The second-order valence-corrected chi connectivity index (χ2v) is 7.08. The highest BCUT2D eigenvalue weighted by Crippen LogP contribution is 2.34. The van der Waals surface area contributed by atoms with Crippen LogP contribution in [0.2, 0.25) is 5.02 Å². The van der Waals surface area contributed by atoms with Gasteiger partial charge in [0.05, 0.1) is 41.8 Å². The lowest BCUT2D eigenvalue weighted by Crippen LogP contribution is -2.51. The van der Waals surface area contributed by atoms with Crippen LogP contribution in [0.4, 0.5) is 0 Å². The van der Waals surface area contributed by atoms with Crippen LogP contribution in [0.3, 0.4) is 0 Å². The summed E-state index contributed by atoms with van der Waals surface area (Å²) in [5.41, 5.74) is 4.99. The van der Waals surface area contributed by atoms with E-state index in [1.807, 2.05) is 0 Å². The predicted octanol–water partition coefficient (Wildman–Crippen LogP) is 0.404. The van der Waals surface area contributed by atoms with Crippen molar-refractivity contribution >= 4 is 28.7 Å². The maximum absolute atomic E-state index is 12.1. The van der Waals surface area contributed by atoms with Crippen LogP contribution in [0.1, 0.15) is 19.3 Å². The minimum absolute atomic E-state index is 0.0135. The third-order valence-electron chi connectivity index (χ3n) is 4.23. The van der Waals surface area contributed by atoms with Crippen LogP contribution in [-0.4, -0.2) is 52.2 Å². The number of aliphatic hydroxyl groups is 2. The van der Waals surface area contributed by atoms with Gasteiger partial charge in [-0.15, -0.1) is 0 Å². The second kappa shape index (κ2) is 7.89. The van der Waals surface area contributed by atoms with Crippen LogP contribution in [0.15, 0.2) is 21.3 Å². The van der Waals surface area contributed by atoms with E-state index < -0.39 is 30.5 Å². The summed E-state index contributed by atoms with van der Waals surface area (Å²) in [7, 11) is 0. The van der Waals surface area contributed by atoms with E-state index in [2.05, 4.69) is 0 Å². The molecule has 1 heterocycles. The highest BCUT2D eigenvalue weighted by molar-refractivity contribution is 6.32. The first-order valence-corrected chi connectivity index (χ1v) is 8.89. The number of aliphatic hydroxyl groups excluding tert-OH is 2. The molecule has 4 N–H and O–H groups in total. The fraction of sp³-hybridized carbons (Fsp3) is 0.529. The average molecular weight is 401 g/mol. The summed E-state index contributed by atoms with van der Waals surface area (Å²) in [5.74, 6) is -0.802. The lowest BCUT2D eigenvalue weighted by molar-refractivity contribution is -0.146. The molecular weight excluding hydrogens is 380 g/mol. The Kier molecular flexibility index (Phi) is 5.75. The zero-order valence-corrected chi connectivity index (χ0v) is 15.3. The summed E-state index contributed by atoms with van der Waals surface area (Å²) in [6.45, 7) is -1.40. The van der Waals surface area contributed by atoms with Gasteiger partial charge in [0.25, 0.3) is 0 Å². The van der Waals surface area contributed by atoms with Gasteiger partial charge in [-0.3, -0.25) is 9.36 Å². The number of aryl methyl sites for hydroxylation is 1. The first-order chi connectivity index (χ1) is 12.8. The Hall–Kier alpha value is -2.07. The molecule has 1 aliphatic carbocycles. The third kappa shape index (κ3) is 4.62. The standard InChI is InChI=1S/C17H21ClN2O7/c18-11-5-12-14(6-13(11)26-10-1-2-10)27-16(24)20(12)4-3-15(23)25-9-17(19,7-21)8-22/h5-6,10,21-22H,1-4,7-9,19H2. The monoisotopic (exact) mass is 400 g/mol. The number of carbonyl (C=O) groups excluding carboxylic acids is 1. The number of nitrogens with zero attached hydrogens (tertiary/aromatic N) is 1. The van der Waals surface area contributed by atoms with E-state index in [0.717, 1.165) is 12.8 Å². The minimum atomic E-state index is -1.40. The highest BCUT2D eigenvalue weighted by Gasteiger charge is 2.26. The topological polar surface area (TPSA) is 137 Å². The molecule has 1 saturated carbocycles. The average Bonchev–Trinajstić information content (AvgIpc) is 3.41. The van der Waals surface area contributed by atoms with Gasteiger partial charge in [0, 0.05) is 12.6 Å². The number of ether oxygens (including phenoxy) is 2. The van der Waals surface area contributed by atoms with Crippen LogP contribution in [-0.2, 0) is 16.1 Å². The summed E-state index contributed by atoms with van der Waals surface area (Å²) in [5, 5.41) is 18.5. The number of nitrogens with two attached hydrogens (primary N) is 1. The molecule has 0 unspecified atom stereocenters. The number of hydrogen-bond donors (Lipinski definition) is 3. The molecule has 10 heteroatoms. The number of hydrogen-bond acceptors (Lipinski definition) is 8. The van der Waals surface area contributed by atoms with E-state index in [-0.39, 0.29) is 25.7 Å². The minimum Gasteiger partial charge on any atom is -0.489 e. The molecule has 1 aliphatic rings. The predicted molar refractivity (Wildman–Crippen MR) is 95.8 cm³/mol.